The van der Waals surface area contributed by atoms with Crippen molar-refractivity contribution in [3.63, 3.8) is 0 Å². The van der Waals surface area contributed by atoms with E-state index in [4.69, 9.17) is 29.0 Å². The highest BCUT2D eigenvalue weighted by atomic mass is 31.2. The molecular formula is C14H36N2O12P2. The van der Waals surface area contributed by atoms with Crippen molar-refractivity contribution in [2.24, 2.45) is 0 Å². The molecule has 6 N–H and O–H groups in total. The number of aliphatic hydroxyl groups is 2. The van der Waals surface area contributed by atoms with Crippen molar-refractivity contribution in [1.82, 2.24) is 9.80 Å². The van der Waals surface area contributed by atoms with Crippen LogP contribution in [0.15, 0.2) is 0 Å². The second kappa shape index (κ2) is 15.7. The molecule has 0 aliphatic carbocycles. The van der Waals surface area contributed by atoms with Crippen molar-refractivity contribution in [3.8, 4) is 0 Å². The summed E-state index contributed by atoms with van der Waals surface area (Å²) in [4.78, 5) is 37.2. The summed E-state index contributed by atoms with van der Waals surface area (Å²) in [6.07, 6.45) is -1.89. The first-order valence-corrected chi connectivity index (χ1v) is 11.7. The number of nitrogens with zero attached hydrogens (tertiary/aromatic N) is 2. The van der Waals surface area contributed by atoms with Crippen LogP contribution in [0.4, 0.5) is 0 Å². The molecule has 4 atom stereocenters. The van der Waals surface area contributed by atoms with E-state index in [-0.39, 0.29) is 25.9 Å². The van der Waals surface area contributed by atoms with Crippen LogP contribution in [0, 0.1) is 0 Å². The number of aliphatic hydroxyl groups excluding tert-OH is 2. The summed E-state index contributed by atoms with van der Waals surface area (Å²) in [5.74, 6) is 0. The molecule has 30 heavy (non-hydrogen) atoms. The molecule has 0 bridgehead atoms. The van der Waals surface area contributed by atoms with Gasteiger partial charge in [-0.3, -0.25) is 9.05 Å². The number of hydrogen-bond acceptors (Lipinski definition) is 10. The van der Waals surface area contributed by atoms with Crippen LogP contribution in [0.2, 0.25) is 0 Å². The highest BCUT2D eigenvalue weighted by Crippen LogP contribution is 2.36. The topological polar surface area (TPSA) is 199 Å². The van der Waals surface area contributed by atoms with Crippen LogP contribution in [-0.4, -0.2) is 133 Å². The Labute approximate surface area is 176 Å². The fourth-order valence-corrected chi connectivity index (χ4v) is 2.81. The van der Waals surface area contributed by atoms with E-state index < -0.39 is 40.5 Å². The van der Waals surface area contributed by atoms with Crippen molar-refractivity contribution in [3.05, 3.63) is 0 Å². The molecule has 0 aromatic rings. The lowest BCUT2D eigenvalue weighted by Gasteiger charge is -2.28. The minimum absolute atomic E-state index is 0.0768. The third kappa shape index (κ3) is 17.6. The summed E-state index contributed by atoms with van der Waals surface area (Å²) in [5.41, 5.74) is 0. The zero-order valence-corrected chi connectivity index (χ0v) is 19.8. The van der Waals surface area contributed by atoms with Crippen molar-refractivity contribution in [2.45, 2.75) is 24.3 Å². The molecule has 0 spiro atoms. The Balaban J connectivity index is 0. The maximum absolute atomic E-state index is 10.5. The van der Waals surface area contributed by atoms with E-state index in [0.717, 1.165) is 0 Å². The minimum Gasteiger partial charge on any atom is -0.389 e. The standard InChI is InChI=1S/2C7H18NO6P/c1-8(2)6(7(9)5-13-3)4-14-15(10,11)12;1-8(2)6(4-13-3)7(9)5-14-15(10,11)12/h2*6-7,9H,4-5H2,1-3H3,(H2,10,11,12). The first kappa shape index (κ1) is 32.2. The lowest BCUT2D eigenvalue weighted by Crippen LogP contribution is -2.44. The number of phosphoric ester groups is 2. The Morgan fingerprint density at radius 2 is 1.00 bits per heavy atom. The molecule has 14 nitrogen and oxygen atoms in total. The van der Waals surface area contributed by atoms with Crippen LogP contribution in [-0.2, 0) is 27.7 Å². The third-order valence-electron chi connectivity index (χ3n) is 3.72. The van der Waals surface area contributed by atoms with Gasteiger partial charge < -0.3 is 49.1 Å². The van der Waals surface area contributed by atoms with Gasteiger partial charge in [-0.25, -0.2) is 9.13 Å². The van der Waals surface area contributed by atoms with Gasteiger partial charge in [0.1, 0.15) is 0 Å². The van der Waals surface area contributed by atoms with Gasteiger partial charge in [0.15, 0.2) is 0 Å². The SMILES string of the molecule is COCC(C(O)COP(=O)(O)O)N(C)C.COCC(O)C(COP(=O)(O)O)N(C)C. The third-order valence-corrected chi connectivity index (χ3v) is 4.69. The fraction of sp³-hybridized carbons (Fsp3) is 1.00. The highest BCUT2D eigenvalue weighted by molar-refractivity contribution is 7.46. The van der Waals surface area contributed by atoms with E-state index in [1.807, 2.05) is 0 Å². The molecule has 0 aliphatic heterocycles. The molecule has 0 saturated carbocycles. The zero-order valence-electron chi connectivity index (χ0n) is 18.1. The maximum Gasteiger partial charge on any atom is 0.469 e. The Hall–Kier alpha value is -0.0200. The first-order chi connectivity index (χ1) is 13.6. The Morgan fingerprint density at radius 1 is 0.667 bits per heavy atom. The monoisotopic (exact) mass is 486 g/mol. The lowest BCUT2D eigenvalue weighted by atomic mass is 10.1. The van der Waals surface area contributed by atoms with Gasteiger partial charge in [-0.15, -0.1) is 0 Å². The summed E-state index contributed by atoms with van der Waals surface area (Å²) >= 11 is 0. The van der Waals surface area contributed by atoms with Crippen LogP contribution in [0.1, 0.15) is 0 Å². The number of methoxy groups -OCH3 is 2. The van der Waals surface area contributed by atoms with Crippen LogP contribution >= 0.6 is 15.6 Å². The smallest absolute Gasteiger partial charge is 0.389 e. The van der Waals surface area contributed by atoms with Gasteiger partial charge in [0.2, 0.25) is 0 Å². The number of rotatable bonds is 14. The molecule has 0 aliphatic rings. The number of ether oxygens (including phenoxy) is 2. The van der Waals surface area contributed by atoms with E-state index in [1.165, 1.54) is 14.2 Å². The molecule has 0 fully saturated rings. The molecule has 184 valence electrons. The average molecular weight is 486 g/mol. The molecular weight excluding hydrogens is 450 g/mol. The summed E-state index contributed by atoms with van der Waals surface area (Å²) < 4.78 is 39.0. The van der Waals surface area contributed by atoms with E-state index in [9.17, 15) is 19.3 Å². The molecule has 0 aromatic heterocycles. The molecule has 0 saturated heterocycles. The van der Waals surface area contributed by atoms with Gasteiger partial charge in [0.25, 0.3) is 0 Å². The second-order valence-corrected chi connectivity index (χ2v) is 9.16. The van der Waals surface area contributed by atoms with Crippen molar-refractivity contribution in [1.29, 1.82) is 0 Å². The summed E-state index contributed by atoms with van der Waals surface area (Å²) in [5, 5.41) is 19.2. The Bertz CT molecular complexity index is 527. The van der Waals surface area contributed by atoms with E-state index in [1.54, 1.807) is 38.0 Å². The van der Waals surface area contributed by atoms with Gasteiger partial charge in [-0.05, 0) is 28.2 Å². The van der Waals surface area contributed by atoms with E-state index >= 15 is 0 Å². The van der Waals surface area contributed by atoms with Gasteiger partial charge in [-0.1, -0.05) is 0 Å². The quantitative estimate of drug-likeness (QED) is 0.148. The number of phosphoric acid groups is 2. The zero-order chi connectivity index (χ0) is 24.1. The van der Waals surface area contributed by atoms with Crippen molar-refractivity contribution >= 4 is 15.6 Å². The van der Waals surface area contributed by atoms with Crippen molar-refractivity contribution < 1.29 is 57.4 Å². The van der Waals surface area contributed by atoms with Crippen molar-refractivity contribution in [2.75, 3.05) is 68.8 Å². The predicted octanol–water partition coefficient (Wildman–Crippen LogP) is -1.93. The normalized spacial score (nSPS) is 16.7. The Kier molecular flexibility index (Phi) is 16.9. The van der Waals surface area contributed by atoms with Crippen LogP contribution in [0.5, 0.6) is 0 Å². The summed E-state index contributed by atoms with van der Waals surface area (Å²) in [6, 6.07) is -0.904. The molecule has 16 heteroatoms. The molecule has 0 radical (unpaired) electrons. The van der Waals surface area contributed by atoms with Gasteiger partial charge in [0, 0.05) is 14.2 Å². The van der Waals surface area contributed by atoms with Gasteiger partial charge >= 0.3 is 15.6 Å². The Morgan fingerprint density at radius 3 is 1.33 bits per heavy atom. The predicted molar refractivity (Wildman–Crippen MR) is 107 cm³/mol. The molecule has 4 unspecified atom stereocenters. The minimum atomic E-state index is -4.53. The summed E-state index contributed by atoms with van der Waals surface area (Å²) in [7, 11) is 0.685. The van der Waals surface area contributed by atoms with Crippen LogP contribution in [0.3, 0.4) is 0 Å². The van der Waals surface area contributed by atoms with E-state index in [2.05, 4.69) is 9.05 Å². The van der Waals surface area contributed by atoms with Crippen LogP contribution in [0.25, 0.3) is 0 Å². The first-order valence-electron chi connectivity index (χ1n) is 8.62. The van der Waals surface area contributed by atoms with Gasteiger partial charge in [-0.2, -0.15) is 0 Å². The second-order valence-electron chi connectivity index (χ2n) is 6.68. The molecule has 0 amide bonds. The number of likely N-dealkylation sites (N-methyl/N-ethyl adjacent to an activating group) is 2. The number of hydrogen-bond donors (Lipinski definition) is 6. The summed E-state index contributed by atoms with van der Waals surface area (Å²) in [6.45, 7) is -0.371. The lowest BCUT2D eigenvalue weighted by molar-refractivity contribution is -0.00854. The maximum atomic E-state index is 10.5. The fourth-order valence-electron chi connectivity index (χ4n) is 2.12. The van der Waals surface area contributed by atoms with E-state index in [0.29, 0.717) is 0 Å². The molecule has 0 aromatic carbocycles. The average Bonchev–Trinajstić information content (AvgIpc) is 2.56. The largest absolute Gasteiger partial charge is 0.469 e. The van der Waals surface area contributed by atoms with Gasteiger partial charge in [0.05, 0.1) is 50.7 Å². The molecule has 0 heterocycles. The van der Waals surface area contributed by atoms with Crippen LogP contribution < -0.4 is 0 Å². The highest BCUT2D eigenvalue weighted by Gasteiger charge is 2.26. The molecule has 0 rings (SSSR count).